The molecule has 0 amide bonds. The van der Waals surface area contributed by atoms with Gasteiger partial charge in [-0.15, -0.1) is 0 Å². The van der Waals surface area contributed by atoms with E-state index in [4.69, 9.17) is 0 Å². The molecule has 2 aliphatic rings. The van der Waals surface area contributed by atoms with Crippen molar-refractivity contribution < 1.29 is 4.79 Å². The van der Waals surface area contributed by atoms with Crippen molar-refractivity contribution in [3.63, 3.8) is 0 Å². The van der Waals surface area contributed by atoms with Gasteiger partial charge in [-0.25, -0.2) is 0 Å². The minimum absolute atomic E-state index is 0.314. The average molecular weight is 224 g/mol. The second-order valence-corrected chi connectivity index (χ2v) is 4.77. The third-order valence-corrected chi connectivity index (χ3v) is 3.67. The summed E-state index contributed by atoms with van der Waals surface area (Å²) in [6.45, 7) is 0. The Hall–Kier alpha value is -1.63. The molecule has 0 atom stereocenters. The number of ketones is 1. The zero-order valence-electron chi connectivity index (χ0n) is 9.91. The maximum absolute atomic E-state index is 12.2. The van der Waals surface area contributed by atoms with Crippen LogP contribution >= 0.6 is 0 Å². The summed E-state index contributed by atoms with van der Waals surface area (Å²) in [5, 5.41) is 0. The monoisotopic (exact) mass is 224 g/mol. The van der Waals surface area contributed by atoms with Crippen LogP contribution in [0.2, 0.25) is 0 Å². The Labute approximate surface area is 102 Å². The standard InChI is InChI=1S/C16H16O/c17-16-11-10-12-6-4-5-7-13(12)14-8-2-1-3-9-15(14)16/h3-7,9H,1-2,8,10-11H2. The number of hydrogen-bond acceptors (Lipinski definition) is 1. The van der Waals surface area contributed by atoms with Gasteiger partial charge in [0.25, 0.3) is 0 Å². The summed E-state index contributed by atoms with van der Waals surface area (Å²) in [5.74, 6) is 0.314. The molecule has 1 aromatic rings. The van der Waals surface area contributed by atoms with Gasteiger partial charge >= 0.3 is 0 Å². The number of carbonyl (C=O) groups excluding carboxylic acids is 1. The molecule has 3 rings (SSSR count). The Kier molecular flexibility index (Phi) is 2.68. The number of rotatable bonds is 0. The lowest BCUT2D eigenvalue weighted by Gasteiger charge is -2.10. The molecule has 0 saturated heterocycles. The fourth-order valence-electron chi connectivity index (χ4n) is 2.79. The molecule has 17 heavy (non-hydrogen) atoms. The van der Waals surface area contributed by atoms with Crippen LogP contribution in [0, 0.1) is 0 Å². The number of carbonyl (C=O) groups is 1. The van der Waals surface area contributed by atoms with E-state index in [-0.39, 0.29) is 0 Å². The van der Waals surface area contributed by atoms with Crippen LogP contribution in [0.1, 0.15) is 36.8 Å². The molecule has 86 valence electrons. The molecular weight excluding hydrogens is 208 g/mol. The van der Waals surface area contributed by atoms with E-state index in [1.165, 1.54) is 16.7 Å². The zero-order valence-corrected chi connectivity index (χ0v) is 9.91. The van der Waals surface area contributed by atoms with Gasteiger partial charge < -0.3 is 0 Å². The molecule has 0 N–H and O–H groups in total. The fourth-order valence-corrected chi connectivity index (χ4v) is 2.79. The van der Waals surface area contributed by atoms with Gasteiger partial charge in [0, 0.05) is 12.0 Å². The normalized spacial score (nSPS) is 19.4. The lowest BCUT2D eigenvalue weighted by Crippen LogP contribution is -2.00. The Morgan fingerprint density at radius 2 is 1.88 bits per heavy atom. The maximum Gasteiger partial charge on any atom is 0.163 e. The molecule has 0 fully saturated rings. The summed E-state index contributed by atoms with van der Waals surface area (Å²) < 4.78 is 0. The van der Waals surface area contributed by atoms with Gasteiger partial charge in [-0.1, -0.05) is 36.4 Å². The van der Waals surface area contributed by atoms with Crippen LogP contribution < -0.4 is 0 Å². The molecule has 0 spiro atoms. The van der Waals surface area contributed by atoms with Crippen LogP contribution in [0.15, 0.2) is 42.0 Å². The number of hydrogen-bond donors (Lipinski definition) is 0. The molecule has 0 bridgehead atoms. The highest BCUT2D eigenvalue weighted by molar-refractivity contribution is 6.06. The van der Waals surface area contributed by atoms with Gasteiger partial charge in [0.2, 0.25) is 0 Å². The summed E-state index contributed by atoms with van der Waals surface area (Å²) in [5.41, 5.74) is 4.88. The van der Waals surface area contributed by atoms with Crippen LogP contribution in [-0.2, 0) is 11.2 Å². The van der Waals surface area contributed by atoms with Crippen LogP contribution in [0.5, 0.6) is 0 Å². The van der Waals surface area contributed by atoms with E-state index < -0.39 is 0 Å². The first-order chi connectivity index (χ1) is 8.36. The van der Waals surface area contributed by atoms with Gasteiger partial charge in [0.1, 0.15) is 0 Å². The van der Waals surface area contributed by atoms with Crippen molar-refractivity contribution in [3.8, 4) is 0 Å². The van der Waals surface area contributed by atoms with Gasteiger partial charge in [-0.3, -0.25) is 4.79 Å². The lowest BCUT2D eigenvalue weighted by atomic mass is 9.94. The van der Waals surface area contributed by atoms with E-state index >= 15 is 0 Å². The van der Waals surface area contributed by atoms with Crippen LogP contribution in [0.25, 0.3) is 5.57 Å². The number of allylic oxidation sites excluding steroid dienone is 4. The van der Waals surface area contributed by atoms with Crippen molar-refractivity contribution in [1.29, 1.82) is 0 Å². The minimum Gasteiger partial charge on any atom is -0.294 e. The molecular formula is C16H16O. The van der Waals surface area contributed by atoms with Crippen LogP contribution in [-0.4, -0.2) is 5.78 Å². The molecule has 0 saturated carbocycles. The summed E-state index contributed by atoms with van der Waals surface area (Å²) >= 11 is 0. The highest BCUT2D eigenvalue weighted by atomic mass is 16.1. The predicted molar refractivity (Wildman–Crippen MR) is 69.7 cm³/mol. The highest BCUT2D eigenvalue weighted by Crippen LogP contribution is 2.34. The fraction of sp³-hybridized carbons (Fsp3) is 0.312. The first-order valence-electron chi connectivity index (χ1n) is 6.37. The molecule has 0 aromatic heterocycles. The quantitative estimate of drug-likeness (QED) is 0.656. The van der Waals surface area contributed by atoms with E-state index in [2.05, 4.69) is 30.3 Å². The Morgan fingerprint density at radius 3 is 2.82 bits per heavy atom. The topological polar surface area (TPSA) is 17.1 Å². The van der Waals surface area contributed by atoms with E-state index in [9.17, 15) is 4.79 Å². The molecule has 2 aliphatic carbocycles. The summed E-state index contributed by atoms with van der Waals surface area (Å²) in [4.78, 5) is 12.2. The largest absolute Gasteiger partial charge is 0.294 e. The smallest absolute Gasteiger partial charge is 0.163 e. The number of Topliss-reactive ketones (excluding diaryl/α,β-unsaturated/α-hetero) is 1. The third kappa shape index (κ3) is 1.86. The molecule has 0 radical (unpaired) electrons. The maximum atomic E-state index is 12.2. The summed E-state index contributed by atoms with van der Waals surface area (Å²) in [7, 11) is 0. The van der Waals surface area contributed by atoms with Gasteiger partial charge in [-0.2, -0.15) is 0 Å². The number of aryl methyl sites for hydroxylation is 1. The van der Waals surface area contributed by atoms with Gasteiger partial charge in [-0.05, 0) is 42.4 Å². The Morgan fingerprint density at radius 1 is 1.00 bits per heavy atom. The first kappa shape index (κ1) is 10.5. The zero-order chi connectivity index (χ0) is 11.7. The molecule has 1 heteroatoms. The predicted octanol–water partition coefficient (Wildman–Crippen LogP) is 3.70. The van der Waals surface area contributed by atoms with E-state index in [1.807, 2.05) is 6.08 Å². The lowest BCUT2D eigenvalue weighted by molar-refractivity contribution is -0.115. The van der Waals surface area contributed by atoms with Crippen molar-refractivity contribution >= 4 is 11.4 Å². The van der Waals surface area contributed by atoms with Crippen LogP contribution in [0.3, 0.4) is 0 Å². The Bertz CT molecular complexity index is 520. The van der Waals surface area contributed by atoms with E-state index in [0.29, 0.717) is 12.2 Å². The number of fused-ring (bicyclic) bond motifs is 2. The SMILES string of the molecule is O=C1CCc2ccccc2C2=C1C=CCCC2. The van der Waals surface area contributed by atoms with Crippen molar-refractivity contribution in [2.45, 2.75) is 32.1 Å². The molecule has 0 heterocycles. The highest BCUT2D eigenvalue weighted by Gasteiger charge is 2.21. The van der Waals surface area contributed by atoms with Crippen molar-refractivity contribution in [1.82, 2.24) is 0 Å². The van der Waals surface area contributed by atoms with Gasteiger partial charge in [0.15, 0.2) is 5.78 Å². The minimum atomic E-state index is 0.314. The van der Waals surface area contributed by atoms with Crippen molar-refractivity contribution in [2.24, 2.45) is 0 Å². The summed E-state index contributed by atoms with van der Waals surface area (Å²) in [6.07, 6.45) is 9.00. The first-order valence-corrected chi connectivity index (χ1v) is 6.37. The second kappa shape index (κ2) is 4.33. The summed E-state index contributed by atoms with van der Waals surface area (Å²) in [6, 6.07) is 8.48. The Balaban J connectivity index is 2.21. The molecule has 1 nitrogen and oxygen atoms in total. The van der Waals surface area contributed by atoms with E-state index in [0.717, 1.165) is 31.3 Å². The molecule has 0 aliphatic heterocycles. The van der Waals surface area contributed by atoms with Gasteiger partial charge in [0.05, 0.1) is 0 Å². The molecule has 1 aromatic carbocycles. The second-order valence-electron chi connectivity index (χ2n) is 4.77. The average Bonchev–Trinajstić information content (AvgIpc) is 2.67. The number of benzene rings is 1. The third-order valence-electron chi connectivity index (χ3n) is 3.67. The van der Waals surface area contributed by atoms with Crippen molar-refractivity contribution in [2.75, 3.05) is 0 Å². The molecule has 0 unspecified atom stereocenters. The van der Waals surface area contributed by atoms with E-state index in [1.54, 1.807) is 0 Å². The van der Waals surface area contributed by atoms with Crippen LogP contribution in [0.4, 0.5) is 0 Å². The van der Waals surface area contributed by atoms with Crippen molar-refractivity contribution in [3.05, 3.63) is 53.1 Å².